The molecule has 106 valence electrons. The number of carbonyl (C=O) groups excluding carboxylic acids is 2. The summed E-state index contributed by atoms with van der Waals surface area (Å²) in [5.74, 6) is 0.297. The number of hydrogen-bond acceptors (Lipinski definition) is 5. The second-order valence-electron chi connectivity index (χ2n) is 4.14. The Morgan fingerprint density at radius 1 is 1.45 bits per heavy atom. The molecule has 0 aliphatic heterocycles. The van der Waals surface area contributed by atoms with E-state index in [2.05, 4.69) is 26.4 Å². The van der Waals surface area contributed by atoms with E-state index in [0.717, 1.165) is 0 Å². The van der Waals surface area contributed by atoms with Crippen LogP contribution >= 0.6 is 15.9 Å². The average Bonchev–Trinajstić information content (AvgIpc) is 2.97. The van der Waals surface area contributed by atoms with Crippen molar-refractivity contribution in [3.8, 4) is 0 Å². The molecule has 2 amide bonds. The maximum absolute atomic E-state index is 11.9. The Morgan fingerprint density at radius 2 is 2.20 bits per heavy atom. The van der Waals surface area contributed by atoms with Gasteiger partial charge in [0.05, 0.1) is 0 Å². The van der Waals surface area contributed by atoms with Crippen molar-refractivity contribution < 1.29 is 18.5 Å². The molecule has 1 N–H and O–H groups in total. The van der Waals surface area contributed by atoms with E-state index in [4.69, 9.17) is 8.94 Å². The summed E-state index contributed by atoms with van der Waals surface area (Å²) >= 11 is 3.11. The summed E-state index contributed by atoms with van der Waals surface area (Å²) in [5.41, 5.74) is 0. The minimum atomic E-state index is -0.387. The van der Waals surface area contributed by atoms with Gasteiger partial charge in [-0.25, -0.2) is 0 Å². The maximum atomic E-state index is 11.9. The highest BCUT2D eigenvalue weighted by Gasteiger charge is 2.18. The predicted octanol–water partition coefficient (Wildman–Crippen LogP) is 2.05. The minimum Gasteiger partial charge on any atom is -0.444 e. The predicted molar refractivity (Wildman–Crippen MR) is 73.2 cm³/mol. The number of furan rings is 1. The van der Waals surface area contributed by atoms with Crippen LogP contribution in [0.4, 0.5) is 5.82 Å². The number of nitrogens with one attached hydrogen (secondary N) is 1. The average molecular weight is 342 g/mol. The van der Waals surface area contributed by atoms with Gasteiger partial charge in [0.15, 0.2) is 16.2 Å². The van der Waals surface area contributed by atoms with Crippen LogP contribution in [0.1, 0.15) is 16.3 Å². The van der Waals surface area contributed by atoms with Crippen LogP contribution in [0.5, 0.6) is 0 Å². The minimum absolute atomic E-state index is 0.122. The zero-order chi connectivity index (χ0) is 14.7. The van der Waals surface area contributed by atoms with E-state index in [1.54, 1.807) is 19.1 Å². The first-order valence-corrected chi connectivity index (χ1v) is 6.49. The molecule has 0 aromatic carbocycles. The number of rotatable bonds is 4. The number of carbonyl (C=O) groups is 2. The summed E-state index contributed by atoms with van der Waals surface area (Å²) in [6.07, 6.45) is 0. The highest BCUT2D eigenvalue weighted by atomic mass is 79.9. The van der Waals surface area contributed by atoms with Crippen molar-refractivity contribution in [1.29, 1.82) is 0 Å². The van der Waals surface area contributed by atoms with Crippen LogP contribution in [0.25, 0.3) is 0 Å². The van der Waals surface area contributed by atoms with E-state index in [1.807, 2.05) is 0 Å². The fraction of sp³-hybridized carbons (Fsp3) is 0.250. The second kappa shape index (κ2) is 5.91. The Morgan fingerprint density at radius 3 is 2.75 bits per heavy atom. The van der Waals surface area contributed by atoms with Gasteiger partial charge in [-0.1, -0.05) is 5.16 Å². The lowest BCUT2D eigenvalue weighted by Crippen LogP contribution is -2.34. The van der Waals surface area contributed by atoms with Crippen LogP contribution in [0.2, 0.25) is 0 Å². The van der Waals surface area contributed by atoms with Crippen molar-refractivity contribution in [2.24, 2.45) is 0 Å². The molecule has 0 aliphatic rings. The number of aromatic nitrogens is 1. The third kappa shape index (κ3) is 3.47. The Hall–Kier alpha value is -2.09. The molecule has 0 aliphatic carbocycles. The van der Waals surface area contributed by atoms with Gasteiger partial charge in [-0.2, -0.15) is 0 Å². The lowest BCUT2D eigenvalue weighted by molar-refractivity contribution is -0.116. The molecule has 0 spiro atoms. The van der Waals surface area contributed by atoms with E-state index in [-0.39, 0.29) is 24.1 Å². The number of halogens is 1. The molecular formula is C12H12BrN3O4. The van der Waals surface area contributed by atoms with Crippen molar-refractivity contribution in [1.82, 2.24) is 10.1 Å². The maximum Gasteiger partial charge on any atom is 0.289 e. The van der Waals surface area contributed by atoms with Crippen LogP contribution in [0, 0.1) is 6.92 Å². The van der Waals surface area contributed by atoms with Crippen molar-refractivity contribution in [3.63, 3.8) is 0 Å². The van der Waals surface area contributed by atoms with Gasteiger partial charge in [0.2, 0.25) is 5.91 Å². The van der Waals surface area contributed by atoms with Gasteiger partial charge < -0.3 is 19.2 Å². The van der Waals surface area contributed by atoms with Gasteiger partial charge in [0.25, 0.3) is 5.91 Å². The molecule has 0 radical (unpaired) electrons. The Balaban J connectivity index is 1.92. The van der Waals surface area contributed by atoms with E-state index in [1.165, 1.54) is 18.0 Å². The first kappa shape index (κ1) is 14.3. The highest BCUT2D eigenvalue weighted by Crippen LogP contribution is 2.15. The molecule has 2 aromatic heterocycles. The molecule has 0 fully saturated rings. The lowest BCUT2D eigenvalue weighted by atomic mass is 10.4. The number of anilines is 1. The van der Waals surface area contributed by atoms with Crippen molar-refractivity contribution in [3.05, 3.63) is 34.4 Å². The molecule has 0 bridgehead atoms. The summed E-state index contributed by atoms with van der Waals surface area (Å²) in [6, 6.07) is 4.73. The smallest absolute Gasteiger partial charge is 0.289 e. The molecule has 8 heteroatoms. The number of amides is 2. The first-order chi connectivity index (χ1) is 9.45. The van der Waals surface area contributed by atoms with Crippen LogP contribution in [-0.4, -0.2) is 35.5 Å². The number of nitrogens with zero attached hydrogens (tertiary/aromatic N) is 2. The van der Waals surface area contributed by atoms with E-state index in [9.17, 15) is 9.59 Å². The van der Waals surface area contributed by atoms with Gasteiger partial charge in [-0.05, 0) is 35.0 Å². The quantitative estimate of drug-likeness (QED) is 0.919. The lowest BCUT2D eigenvalue weighted by Gasteiger charge is -2.14. The molecule has 2 aromatic rings. The van der Waals surface area contributed by atoms with Gasteiger partial charge in [0.1, 0.15) is 12.3 Å². The van der Waals surface area contributed by atoms with Gasteiger partial charge in [0, 0.05) is 13.1 Å². The molecule has 0 saturated heterocycles. The number of likely N-dealkylation sites (N-methyl/N-ethyl adjacent to an activating group) is 1. The normalized spacial score (nSPS) is 10.3. The third-order valence-corrected chi connectivity index (χ3v) is 2.83. The molecule has 0 atom stereocenters. The van der Waals surface area contributed by atoms with E-state index < -0.39 is 0 Å². The molecular weight excluding hydrogens is 330 g/mol. The molecule has 20 heavy (non-hydrogen) atoms. The van der Waals surface area contributed by atoms with E-state index >= 15 is 0 Å². The van der Waals surface area contributed by atoms with Crippen molar-refractivity contribution in [2.45, 2.75) is 6.92 Å². The topological polar surface area (TPSA) is 88.6 Å². The third-order valence-electron chi connectivity index (χ3n) is 2.41. The summed E-state index contributed by atoms with van der Waals surface area (Å²) in [4.78, 5) is 24.9. The van der Waals surface area contributed by atoms with Crippen LogP contribution in [-0.2, 0) is 4.79 Å². The van der Waals surface area contributed by atoms with Crippen LogP contribution in [0.3, 0.4) is 0 Å². The molecule has 0 unspecified atom stereocenters. The molecule has 2 rings (SSSR count). The Labute approximate surface area is 123 Å². The summed E-state index contributed by atoms with van der Waals surface area (Å²) in [6.45, 7) is 1.59. The zero-order valence-corrected chi connectivity index (χ0v) is 12.4. The highest BCUT2D eigenvalue weighted by molar-refractivity contribution is 9.10. The molecule has 0 saturated carbocycles. The van der Waals surface area contributed by atoms with Crippen molar-refractivity contribution in [2.75, 3.05) is 18.9 Å². The van der Waals surface area contributed by atoms with Gasteiger partial charge in [-0.15, -0.1) is 0 Å². The molecule has 2 heterocycles. The zero-order valence-electron chi connectivity index (χ0n) is 10.8. The summed E-state index contributed by atoms with van der Waals surface area (Å²) in [7, 11) is 1.51. The second-order valence-corrected chi connectivity index (χ2v) is 4.92. The summed E-state index contributed by atoms with van der Waals surface area (Å²) in [5, 5.41) is 6.16. The van der Waals surface area contributed by atoms with Gasteiger partial charge >= 0.3 is 0 Å². The van der Waals surface area contributed by atoms with Crippen LogP contribution in [0.15, 0.2) is 31.8 Å². The fourth-order valence-corrected chi connectivity index (χ4v) is 1.82. The monoisotopic (exact) mass is 341 g/mol. The molecule has 7 nitrogen and oxygen atoms in total. The van der Waals surface area contributed by atoms with Crippen LogP contribution < -0.4 is 5.32 Å². The first-order valence-electron chi connectivity index (χ1n) is 5.69. The SMILES string of the molecule is Cc1cc(NC(=O)CN(C)C(=O)c2ccc(Br)o2)no1. The van der Waals surface area contributed by atoms with Gasteiger partial charge in [-0.3, -0.25) is 9.59 Å². The number of aryl methyl sites for hydroxylation is 1. The Bertz CT molecular complexity index is 634. The summed E-state index contributed by atoms with van der Waals surface area (Å²) < 4.78 is 10.4. The fourth-order valence-electron chi connectivity index (χ4n) is 1.51. The Kier molecular flexibility index (Phi) is 4.23. The van der Waals surface area contributed by atoms with E-state index in [0.29, 0.717) is 16.2 Å². The van der Waals surface area contributed by atoms with Crippen molar-refractivity contribution >= 4 is 33.6 Å². The number of hydrogen-bond donors (Lipinski definition) is 1. The largest absolute Gasteiger partial charge is 0.444 e. The standard InChI is InChI=1S/C12H12BrN3O4/c1-7-5-10(15-20-7)14-11(17)6-16(2)12(18)8-3-4-9(13)19-8/h3-5H,6H2,1-2H3,(H,14,15,17).